The van der Waals surface area contributed by atoms with Crippen molar-refractivity contribution in [1.82, 2.24) is 30.4 Å². The predicted octanol–water partition coefficient (Wildman–Crippen LogP) is 1.05. The lowest BCUT2D eigenvalue weighted by Gasteiger charge is -2.33. The number of likely N-dealkylation sites (N-methyl/N-ethyl adjacent to an activating group) is 1. The second-order valence-electron chi connectivity index (χ2n) is 5.24. The van der Waals surface area contributed by atoms with Crippen LogP contribution in [0, 0.1) is 0 Å². The van der Waals surface area contributed by atoms with Crippen LogP contribution in [0.15, 0.2) is 0 Å². The number of unbranched alkanes of at least 4 members (excludes halogenated alkanes) is 1. The standard InChI is InChI=1S/C13H26N6/c1-3-5-9-19-13(15-16-17-19)11-18(4-2)12-7-6-8-14-10-12/h12,14H,3-11H2,1-2H3. The van der Waals surface area contributed by atoms with E-state index in [0.717, 1.165) is 45.0 Å². The first kappa shape index (κ1) is 14.4. The van der Waals surface area contributed by atoms with E-state index in [1.165, 1.54) is 19.3 Å². The zero-order valence-electron chi connectivity index (χ0n) is 12.2. The molecule has 0 bridgehead atoms. The largest absolute Gasteiger partial charge is 0.315 e. The molecule has 1 aromatic rings. The van der Waals surface area contributed by atoms with Crippen molar-refractivity contribution in [2.24, 2.45) is 0 Å². The highest BCUT2D eigenvalue weighted by atomic mass is 15.5. The molecule has 0 spiro atoms. The molecule has 108 valence electrons. The van der Waals surface area contributed by atoms with Gasteiger partial charge in [0.1, 0.15) is 0 Å². The molecule has 1 unspecified atom stereocenters. The molecule has 1 fully saturated rings. The Morgan fingerprint density at radius 2 is 2.32 bits per heavy atom. The van der Waals surface area contributed by atoms with Crippen molar-refractivity contribution >= 4 is 0 Å². The van der Waals surface area contributed by atoms with Gasteiger partial charge in [0.25, 0.3) is 0 Å². The average molecular weight is 266 g/mol. The number of tetrazole rings is 1. The SMILES string of the molecule is CCCCn1nnnc1CN(CC)C1CCCNC1. The van der Waals surface area contributed by atoms with Crippen molar-refractivity contribution in [3.8, 4) is 0 Å². The minimum atomic E-state index is 0.620. The molecular weight excluding hydrogens is 240 g/mol. The van der Waals surface area contributed by atoms with Crippen LogP contribution in [0.1, 0.15) is 45.4 Å². The molecule has 0 aliphatic carbocycles. The van der Waals surface area contributed by atoms with Crippen LogP contribution >= 0.6 is 0 Å². The Morgan fingerprint density at radius 3 is 3.00 bits per heavy atom. The second kappa shape index (κ2) is 7.55. The van der Waals surface area contributed by atoms with Gasteiger partial charge in [-0.25, -0.2) is 4.68 Å². The van der Waals surface area contributed by atoms with Crippen LogP contribution < -0.4 is 5.32 Å². The van der Waals surface area contributed by atoms with E-state index in [0.29, 0.717) is 6.04 Å². The first-order chi connectivity index (χ1) is 9.35. The minimum Gasteiger partial charge on any atom is -0.315 e. The van der Waals surface area contributed by atoms with Crippen LogP contribution in [0.25, 0.3) is 0 Å². The minimum absolute atomic E-state index is 0.620. The van der Waals surface area contributed by atoms with E-state index in [9.17, 15) is 0 Å². The highest BCUT2D eigenvalue weighted by molar-refractivity contribution is 4.85. The quantitative estimate of drug-likeness (QED) is 0.799. The number of nitrogens with zero attached hydrogens (tertiary/aromatic N) is 5. The first-order valence-electron chi connectivity index (χ1n) is 7.55. The number of piperidine rings is 1. The predicted molar refractivity (Wildman–Crippen MR) is 74.7 cm³/mol. The van der Waals surface area contributed by atoms with E-state index in [1.807, 2.05) is 4.68 Å². The molecule has 1 atom stereocenters. The molecule has 0 amide bonds. The van der Waals surface area contributed by atoms with E-state index in [-0.39, 0.29) is 0 Å². The topological polar surface area (TPSA) is 58.9 Å². The zero-order chi connectivity index (χ0) is 13.5. The third-order valence-electron chi connectivity index (χ3n) is 3.87. The summed E-state index contributed by atoms with van der Waals surface area (Å²) in [6.45, 7) is 9.49. The van der Waals surface area contributed by atoms with E-state index < -0.39 is 0 Å². The van der Waals surface area contributed by atoms with Crippen molar-refractivity contribution in [2.75, 3.05) is 19.6 Å². The zero-order valence-corrected chi connectivity index (χ0v) is 12.2. The normalized spacial score (nSPS) is 20.1. The maximum absolute atomic E-state index is 4.19. The summed E-state index contributed by atoms with van der Waals surface area (Å²) in [5.41, 5.74) is 0. The molecule has 6 nitrogen and oxygen atoms in total. The molecule has 19 heavy (non-hydrogen) atoms. The van der Waals surface area contributed by atoms with Crippen molar-refractivity contribution in [3.05, 3.63) is 5.82 Å². The fraction of sp³-hybridized carbons (Fsp3) is 0.923. The Morgan fingerprint density at radius 1 is 1.42 bits per heavy atom. The van der Waals surface area contributed by atoms with Crippen LogP contribution in [-0.4, -0.2) is 50.8 Å². The summed E-state index contributed by atoms with van der Waals surface area (Å²) in [4.78, 5) is 2.49. The lowest BCUT2D eigenvalue weighted by Crippen LogP contribution is -2.45. The third-order valence-corrected chi connectivity index (χ3v) is 3.87. The van der Waals surface area contributed by atoms with Gasteiger partial charge in [-0.05, 0) is 42.8 Å². The molecule has 2 rings (SSSR count). The summed E-state index contributed by atoms with van der Waals surface area (Å²) < 4.78 is 1.96. The molecule has 1 aliphatic rings. The monoisotopic (exact) mass is 266 g/mol. The molecule has 0 saturated carbocycles. The van der Waals surface area contributed by atoms with Crippen molar-refractivity contribution in [1.29, 1.82) is 0 Å². The van der Waals surface area contributed by atoms with E-state index >= 15 is 0 Å². The van der Waals surface area contributed by atoms with Gasteiger partial charge in [-0.15, -0.1) is 5.10 Å². The van der Waals surface area contributed by atoms with Gasteiger partial charge >= 0.3 is 0 Å². The number of hydrogen-bond donors (Lipinski definition) is 1. The van der Waals surface area contributed by atoms with Crippen molar-refractivity contribution in [3.63, 3.8) is 0 Å². The van der Waals surface area contributed by atoms with Gasteiger partial charge < -0.3 is 5.32 Å². The summed E-state index contributed by atoms with van der Waals surface area (Å²) in [5.74, 6) is 1.00. The fourth-order valence-electron chi connectivity index (χ4n) is 2.64. The van der Waals surface area contributed by atoms with Crippen LogP contribution in [-0.2, 0) is 13.1 Å². The maximum Gasteiger partial charge on any atom is 0.165 e. The number of aromatic nitrogens is 4. The molecule has 1 N–H and O–H groups in total. The summed E-state index contributed by atoms with van der Waals surface area (Å²) in [7, 11) is 0. The van der Waals surface area contributed by atoms with Crippen LogP contribution in [0.3, 0.4) is 0 Å². The molecule has 1 aromatic heterocycles. The lowest BCUT2D eigenvalue weighted by molar-refractivity contribution is 0.159. The second-order valence-corrected chi connectivity index (χ2v) is 5.24. The number of nitrogens with one attached hydrogen (secondary N) is 1. The van der Waals surface area contributed by atoms with Gasteiger partial charge in [0.15, 0.2) is 5.82 Å². The van der Waals surface area contributed by atoms with Gasteiger partial charge in [-0.1, -0.05) is 20.3 Å². The highest BCUT2D eigenvalue weighted by Crippen LogP contribution is 2.13. The molecular formula is C13H26N6. The maximum atomic E-state index is 4.19. The Hall–Kier alpha value is -1.01. The fourth-order valence-corrected chi connectivity index (χ4v) is 2.64. The summed E-state index contributed by atoms with van der Waals surface area (Å²) >= 11 is 0. The molecule has 0 radical (unpaired) electrons. The molecule has 1 saturated heterocycles. The molecule has 0 aromatic carbocycles. The number of aryl methyl sites for hydroxylation is 1. The van der Waals surface area contributed by atoms with E-state index in [1.54, 1.807) is 0 Å². The van der Waals surface area contributed by atoms with E-state index in [4.69, 9.17) is 0 Å². The Kier molecular flexibility index (Phi) is 5.72. The van der Waals surface area contributed by atoms with Crippen molar-refractivity contribution < 1.29 is 0 Å². The Balaban J connectivity index is 1.95. The number of rotatable bonds is 7. The van der Waals surface area contributed by atoms with Crippen LogP contribution in [0.2, 0.25) is 0 Å². The Bertz CT molecular complexity index is 358. The summed E-state index contributed by atoms with van der Waals surface area (Å²) in [5, 5.41) is 15.6. The van der Waals surface area contributed by atoms with Crippen LogP contribution in [0.4, 0.5) is 0 Å². The average Bonchev–Trinajstić information content (AvgIpc) is 2.90. The molecule has 2 heterocycles. The van der Waals surface area contributed by atoms with Gasteiger partial charge in [0.2, 0.25) is 0 Å². The smallest absolute Gasteiger partial charge is 0.165 e. The number of hydrogen-bond acceptors (Lipinski definition) is 5. The van der Waals surface area contributed by atoms with E-state index in [2.05, 4.69) is 39.6 Å². The van der Waals surface area contributed by atoms with Crippen molar-refractivity contribution in [2.45, 2.75) is 58.7 Å². The van der Waals surface area contributed by atoms with Gasteiger partial charge in [-0.3, -0.25) is 4.90 Å². The molecule has 6 heteroatoms. The van der Waals surface area contributed by atoms with Gasteiger partial charge in [-0.2, -0.15) is 0 Å². The Labute approximate surface area is 115 Å². The molecule has 1 aliphatic heterocycles. The summed E-state index contributed by atoms with van der Waals surface area (Å²) in [6, 6.07) is 0.620. The highest BCUT2D eigenvalue weighted by Gasteiger charge is 2.21. The third kappa shape index (κ3) is 3.98. The van der Waals surface area contributed by atoms with Gasteiger partial charge in [0.05, 0.1) is 6.54 Å². The van der Waals surface area contributed by atoms with Gasteiger partial charge in [0, 0.05) is 19.1 Å². The lowest BCUT2D eigenvalue weighted by atomic mass is 10.1. The van der Waals surface area contributed by atoms with Crippen LogP contribution in [0.5, 0.6) is 0 Å². The summed E-state index contributed by atoms with van der Waals surface area (Å²) in [6.07, 6.45) is 4.85. The first-order valence-corrected chi connectivity index (χ1v) is 7.55.